The zero-order chi connectivity index (χ0) is 11.7. The second-order valence-corrected chi connectivity index (χ2v) is 4.58. The van der Waals surface area contributed by atoms with Crippen molar-refractivity contribution in [1.29, 1.82) is 0 Å². The van der Waals surface area contributed by atoms with Crippen LogP contribution < -0.4 is 5.32 Å². The van der Waals surface area contributed by atoms with E-state index in [0.717, 1.165) is 13.0 Å². The van der Waals surface area contributed by atoms with E-state index < -0.39 is 0 Å². The Balaban J connectivity index is 2.04. The molecular formula is C15H16N2. The van der Waals surface area contributed by atoms with Crippen molar-refractivity contribution in [3.8, 4) is 11.1 Å². The molecule has 2 heterocycles. The summed E-state index contributed by atoms with van der Waals surface area (Å²) < 4.78 is 0. The number of fused-ring (bicyclic) bond motifs is 1. The van der Waals surface area contributed by atoms with Gasteiger partial charge in [-0.2, -0.15) is 0 Å². The Kier molecular flexibility index (Phi) is 2.65. The summed E-state index contributed by atoms with van der Waals surface area (Å²) >= 11 is 0. The maximum absolute atomic E-state index is 4.06. The summed E-state index contributed by atoms with van der Waals surface area (Å²) in [5.74, 6) is 0. The van der Waals surface area contributed by atoms with E-state index in [9.17, 15) is 0 Å². The van der Waals surface area contributed by atoms with Crippen molar-refractivity contribution in [2.75, 3.05) is 6.54 Å². The van der Waals surface area contributed by atoms with Gasteiger partial charge in [-0.1, -0.05) is 18.2 Å². The molecule has 1 aliphatic rings. The van der Waals surface area contributed by atoms with Gasteiger partial charge < -0.3 is 5.32 Å². The molecule has 17 heavy (non-hydrogen) atoms. The van der Waals surface area contributed by atoms with Gasteiger partial charge in [-0.05, 0) is 54.3 Å². The molecule has 1 atom stereocenters. The third-order valence-corrected chi connectivity index (χ3v) is 3.47. The average molecular weight is 224 g/mol. The fourth-order valence-electron chi connectivity index (χ4n) is 2.50. The van der Waals surface area contributed by atoms with Gasteiger partial charge in [0.2, 0.25) is 0 Å². The molecule has 1 N–H and O–H groups in total. The van der Waals surface area contributed by atoms with Crippen molar-refractivity contribution in [3.63, 3.8) is 0 Å². The van der Waals surface area contributed by atoms with E-state index in [1.54, 1.807) is 0 Å². The number of nitrogens with zero attached hydrogens (tertiary/aromatic N) is 1. The van der Waals surface area contributed by atoms with E-state index in [4.69, 9.17) is 0 Å². The molecule has 1 aromatic heterocycles. The molecule has 0 saturated heterocycles. The number of hydrogen-bond acceptors (Lipinski definition) is 2. The highest BCUT2D eigenvalue weighted by molar-refractivity contribution is 5.64. The first-order valence-electron chi connectivity index (χ1n) is 6.11. The number of benzene rings is 1. The molecule has 0 saturated carbocycles. The minimum absolute atomic E-state index is 0.477. The van der Waals surface area contributed by atoms with Crippen LogP contribution in [-0.2, 0) is 6.42 Å². The first-order chi connectivity index (χ1) is 8.34. The summed E-state index contributed by atoms with van der Waals surface area (Å²) in [5, 5.41) is 3.49. The van der Waals surface area contributed by atoms with Crippen molar-refractivity contribution in [2.24, 2.45) is 0 Å². The van der Waals surface area contributed by atoms with Gasteiger partial charge in [0.05, 0.1) is 0 Å². The molecule has 2 heteroatoms. The second-order valence-electron chi connectivity index (χ2n) is 4.58. The molecule has 2 nitrogen and oxygen atoms in total. The molecule has 0 radical (unpaired) electrons. The highest BCUT2D eigenvalue weighted by Gasteiger charge is 2.15. The van der Waals surface area contributed by atoms with E-state index in [2.05, 4.69) is 47.6 Å². The molecular weight excluding hydrogens is 208 g/mol. The third kappa shape index (κ3) is 1.96. The van der Waals surface area contributed by atoms with Gasteiger partial charge in [-0.3, -0.25) is 4.98 Å². The number of hydrogen-bond donors (Lipinski definition) is 1. The predicted molar refractivity (Wildman–Crippen MR) is 69.8 cm³/mol. The lowest BCUT2D eigenvalue weighted by molar-refractivity contribution is 0.541. The number of nitrogens with one attached hydrogen (secondary N) is 1. The smallest absolute Gasteiger partial charge is 0.0294 e. The largest absolute Gasteiger partial charge is 0.310 e. The Morgan fingerprint density at radius 3 is 2.76 bits per heavy atom. The number of pyridine rings is 1. The van der Waals surface area contributed by atoms with Gasteiger partial charge in [0, 0.05) is 18.4 Å². The van der Waals surface area contributed by atoms with Crippen molar-refractivity contribution in [1.82, 2.24) is 10.3 Å². The summed E-state index contributed by atoms with van der Waals surface area (Å²) in [6.45, 7) is 3.30. The second kappa shape index (κ2) is 4.30. The quantitative estimate of drug-likeness (QED) is 0.805. The van der Waals surface area contributed by atoms with Crippen LogP contribution in [0.3, 0.4) is 0 Å². The summed E-state index contributed by atoms with van der Waals surface area (Å²) in [4.78, 5) is 4.06. The zero-order valence-electron chi connectivity index (χ0n) is 9.98. The molecule has 1 unspecified atom stereocenters. The predicted octanol–water partition coefficient (Wildman–Crippen LogP) is 2.96. The molecule has 0 aliphatic carbocycles. The Hall–Kier alpha value is -1.67. The minimum atomic E-state index is 0.477. The standard InChI is InChI=1S/C15H16N2/c1-11-15-3-2-13(10-14(15)6-9-17-11)12-4-7-16-8-5-12/h2-5,7-8,10-11,17H,6,9H2,1H3. The van der Waals surface area contributed by atoms with Crippen LogP contribution in [0.2, 0.25) is 0 Å². The number of rotatable bonds is 1. The highest BCUT2D eigenvalue weighted by atomic mass is 14.9. The monoisotopic (exact) mass is 224 g/mol. The van der Waals surface area contributed by atoms with Gasteiger partial charge in [0.15, 0.2) is 0 Å². The Labute approximate surface area is 102 Å². The van der Waals surface area contributed by atoms with E-state index in [-0.39, 0.29) is 0 Å². The molecule has 0 spiro atoms. The van der Waals surface area contributed by atoms with E-state index in [1.807, 2.05) is 12.4 Å². The van der Waals surface area contributed by atoms with Crippen molar-refractivity contribution < 1.29 is 0 Å². The van der Waals surface area contributed by atoms with Crippen molar-refractivity contribution >= 4 is 0 Å². The van der Waals surface area contributed by atoms with Crippen LogP contribution in [0, 0.1) is 0 Å². The van der Waals surface area contributed by atoms with Gasteiger partial charge in [-0.25, -0.2) is 0 Å². The fourth-order valence-corrected chi connectivity index (χ4v) is 2.50. The minimum Gasteiger partial charge on any atom is -0.310 e. The fraction of sp³-hybridized carbons (Fsp3) is 0.267. The lowest BCUT2D eigenvalue weighted by Crippen LogP contribution is -2.27. The Bertz CT molecular complexity index is 520. The normalized spacial score (nSPS) is 18.8. The lowest BCUT2D eigenvalue weighted by atomic mass is 9.92. The van der Waals surface area contributed by atoms with Crippen LogP contribution in [0.5, 0.6) is 0 Å². The van der Waals surface area contributed by atoms with E-state index in [0.29, 0.717) is 6.04 Å². The van der Waals surface area contributed by atoms with Gasteiger partial charge >= 0.3 is 0 Å². The topological polar surface area (TPSA) is 24.9 Å². The maximum Gasteiger partial charge on any atom is 0.0294 e. The van der Waals surface area contributed by atoms with Gasteiger partial charge in [0.25, 0.3) is 0 Å². The van der Waals surface area contributed by atoms with Crippen LogP contribution in [0.4, 0.5) is 0 Å². The summed E-state index contributed by atoms with van der Waals surface area (Å²) in [5.41, 5.74) is 5.45. The van der Waals surface area contributed by atoms with E-state index >= 15 is 0 Å². The average Bonchev–Trinajstić information content (AvgIpc) is 2.40. The van der Waals surface area contributed by atoms with Gasteiger partial charge in [0.1, 0.15) is 0 Å². The third-order valence-electron chi connectivity index (χ3n) is 3.47. The lowest BCUT2D eigenvalue weighted by Gasteiger charge is -2.24. The molecule has 1 aliphatic heterocycles. The van der Waals surface area contributed by atoms with Crippen LogP contribution in [0.1, 0.15) is 24.1 Å². The van der Waals surface area contributed by atoms with Gasteiger partial charge in [-0.15, -0.1) is 0 Å². The molecule has 0 fully saturated rings. The molecule has 86 valence electrons. The molecule has 2 aromatic rings. The van der Waals surface area contributed by atoms with Crippen LogP contribution in [0.15, 0.2) is 42.7 Å². The SMILES string of the molecule is CC1NCCc2cc(-c3ccncc3)ccc21. The summed E-state index contributed by atoms with van der Waals surface area (Å²) in [6, 6.07) is 11.4. The number of aromatic nitrogens is 1. The molecule has 0 amide bonds. The molecule has 0 bridgehead atoms. The molecule has 1 aromatic carbocycles. The summed E-state index contributed by atoms with van der Waals surface area (Å²) in [7, 11) is 0. The first kappa shape index (κ1) is 10.5. The van der Waals surface area contributed by atoms with Crippen LogP contribution in [0.25, 0.3) is 11.1 Å². The highest BCUT2D eigenvalue weighted by Crippen LogP contribution is 2.27. The van der Waals surface area contributed by atoms with Crippen LogP contribution in [-0.4, -0.2) is 11.5 Å². The zero-order valence-corrected chi connectivity index (χ0v) is 9.98. The summed E-state index contributed by atoms with van der Waals surface area (Å²) in [6.07, 6.45) is 4.82. The first-order valence-corrected chi connectivity index (χ1v) is 6.11. The maximum atomic E-state index is 4.06. The van der Waals surface area contributed by atoms with Crippen molar-refractivity contribution in [2.45, 2.75) is 19.4 Å². The van der Waals surface area contributed by atoms with E-state index in [1.165, 1.54) is 22.3 Å². The van der Waals surface area contributed by atoms with Crippen molar-refractivity contribution in [3.05, 3.63) is 53.9 Å². The Morgan fingerprint density at radius 2 is 1.94 bits per heavy atom. The Morgan fingerprint density at radius 1 is 1.12 bits per heavy atom. The van der Waals surface area contributed by atoms with Crippen LogP contribution >= 0.6 is 0 Å². The molecule has 3 rings (SSSR count).